The third-order valence-corrected chi connectivity index (χ3v) is 1.28. The third-order valence-electron chi connectivity index (χ3n) is 1.28. The summed E-state index contributed by atoms with van der Waals surface area (Å²) >= 11 is 0. The van der Waals surface area contributed by atoms with E-state index in [4.69, 9.17) is 10.2 Å². The number of rotatable bonds is 0. The molecule has 0 unspecified atom stereocenters. The Hall–Kier alpha value is -0.437. The van der Waals surface area contributed by atoms with E-state index in [1.165, 1.54) is 0 Å². The van der Waals surface area contributed by atoms with E-state index in [2.05, 4.69) is 0 Å². The molecule has 4 nitrogen and oxygen atoms in total. The minimum absolute atomic E-state index is 0. The van der Waals surface area contributed by atoms with Gasteiger partial charge in [0.25, 0.3) is 0 Å². The first kappa shape index (κ1) is 20.0. The van der Waals surface area contributed by atoms with Crippen molar-refractivity contribution in [3.05, 3.63) is 0 Å². The molecule has 15 heavy (non-hydrogen) atoms. The monoisotopic (exact) mass is 268 g/mol. The van der Waals surface area contributed by atoms with E-state index in [9.17, 15) is 9.59 Å². The zero-order valence-corrected chi connectivity index (χ0v) is 13.4. The zero-order chi connectivity index (χ0) is 12.2. The van der Waals surface area contributed by atoms with Crippen LogP contribution in [0.25, 0.3) is 0 Å². The number of hydrogen-bond acceptors (Lipinski definition) is 2. The van der Waals surface area contributed by atoms with Gasteiger partial charge in [0, 0.05) is 0 Å². The predicted molar refractivity (Wildman–Crippen MR) is 54.2 cm³/mol. The van der Waals surface area contributed by atoms with Crippen molar-refractivity contribution in [2.24, 2.45) is 10.8 Å². The van der Waals surface area contributed by atoms with E-state index < -0.39 is 22.8 Å². The Labute approximate surface area is 104 Å². The van der Waals surface area contributed by atoms with Gasteiger partial charge in [-0.15, -0.1) is 0 Å². The first-order valence-electron chi connectivity index (χ1n) is 4.36. The van der Waals surface area contributed by atoms with Crippen LogP contribution >= 0.6 is 0 Å². The summed E-state index contributed by atoms with van der Waals surface area (Å²) in [5.41, 5.74) is -1.17. The van der Waals surface area contributed by atoms with Gasteiger partial charge in [-0.3, -0.25) is 9.59 Å². The summed E-state index contributed by atoms with van der Waals surface area (Å²) < 4.78 is 0. The van der Waals surface area contributed by atoms with Crippen LogP contribution in [-0.4, -0.2) is 22.2 Å². The molecular weight excluding hydrogens is 249 g/mol. The molecule has 0 saturated heterocycles. The molecule has 0 atom stereocenters. The van der Waals surface area contributed by atoms with Gasteiger partial charge in [-0.25, -0.2) is 0 Å². The maximum Gasteiger partial charge on any atom is 2.00 e. The van der Waals surface area contributed by atoms with Crippen LogP contribution in [0.15, 0.2) is 0 Å². The molecule has 0 bridgehead atoms. The second kappa shape index (κ2) is 6.94. The normalized spacial score (nSPS) is 10.5. The molecule has 0 aromatic rings. The Morgan fingerprint density at radius 1 is 0.733 bits per heavy atom. The Morgan fingerprint density at radius 3 is 0.800 bits per heavy atom. The molecule has 84 valence electrons. The fourth-order valence-electron chi connectivity index (χ4n) is 0. The standard InChI is InChI=1S/2C5H10O2.Zn/c2*1-5(2,3)4(6)7;/h2*1-3H3,(H,6,7);/q;;+2. The van der Waals surface area contributed by atoms with Crippen molar-refractivity contribution >= 4 is 11.9 Å². The van der Waals surface area contributed by atoms with Gasteiger partial charge in [-0.05, 0) is 41.5 Å². The average Bonchev–Trinajstić information content (AvgIpc) is 1.83. The SMILES string of the molecule is CC(C)(C)C(=O)O.CC(C)(C)C(=O)O.[Zn+2]. The van der Waals surface area contributed by atoms with E-state index in [1.807, 2.05) is 0 Å². The van der Waals surface area contributed by atoms with Crippen LogP contribution in [0.2, 0.25) is 0 Å². The number of hydrogen-bond donors (Lipinski definition) is 2. The first-order chi connectivity index (χ1) is 5.89. The molecule has 0 aliphatic carbocycles. The molecule has 0 aliphatic rings. The number of carbonyl (C=O) groups is 2. The van der Waals surface area contributed by atoms with Crippen LogP contribution in [0.3, 0.4) is 0 Å². The van der Waals surface area contributed by atoms with Crippen molar-refractivity contribution in [1.29, 1.82) is 0 Å². The van der Waals surface area contributed by atoms with Crippen molar-refractivity contribution in [2.45, 2.75) is 41.5 Å². The minimum atomic E-state index is -0.757. The van der Waals surface area contributed by atoms with Gasteiger partial charge in [-0.2, -0.15) is 0 Å². The van der Waals surface area contributed by atoms with Crippen molar-refractivity contribution in [3.8, 4) is 0 Å². The van der Waals surface area contributed by atoms with Crippen molar-refractivity contribution in [1.82, 2.24) is 0 Å². The van der Waals surface area contributed by atoms with E-state index >= 15 is 0 Å². The second-order valence-electron chi connectivity index (χ2n) is 5.11. The van der Waals surface area contributed by atoms with Gasteiger partial charge in [0.1, 0.15) is 0 Å². The molecule has 2 N–H and O–H groups in total. The third kappa shape index (κ3) is 13.6. The fourth-order valence-corrected chi connectivity index (χ4v) is 0. The number of carboxylic acid groups (broad SMARTS) is 2. The van der Waals surface area contributed by atoms with Crippen molar-refractivity contribution in [3.63, 3.8) is 0 Å². The Kier molecular flexibility index (Phi) is 9.27. The van der Waals surface area contributed by atoms with Crippen LogP contribution in [0.4, 0.5) is 0 Å². The fraction of sp³-hybridized carbons (Fsp3) is 0.800. The molecule has 0 aliphatic heterocycles. The maximum atomic E-state index is 10.0. The van der Waals surface area contributed by atoms with Gasteiger partial charge in [0.15, 0.2) is 0 Å². The first-order valence-corrected chi connectivity index (χ1v) is 4.36. The Balaban J connectivity index is -0.000000180. The maximum absolute atomic E-state index is 10.0. The Bertz CT molecular complexity index is 186. The molecule has 0 radical (unpaired) electrons. The van der Waals surface area contributed by atoms with Crippen molar-refractivity contribution < 1.29 is 39.3 Å². The summed E-state index contributed by atoms with van der Waals surface area (Å²) in [6.45, 7) is 9.97. The van der Waals surface area contributed by atoms with Crippen molar-refractivity contribution in [2.75, 3.05) is 0 Å². The van der Waals surface area contributed by atoms with E-state index in [0.29, 0.717) is 0 Å². The predicted octanol–water partition coefficient (Wildman–Crippen LogP) is 2.23. The van der Waals surface area contributed by atoms with Crippen LogP contribution in [0, 0.1) is 10.8 Å². The summed E-state index contributed by atoms with van der Waals surface area (Å²) in [5, 5.41) is 16.5. The van der Waals surface area contributed by atoms with Gasteiger partial charge in [-0.1, -0.05) is 0 Å². The topological polar surface area (TPSA) is 74.6 Å². The molecule has 5 heteroatoms. The van der Waals surface area contributed by atoms with Gasteiger partial charge in [0.05, 0.1) is 10.8 Å². The number of carboxylic acids is 2. The largest absolute Gasteiger partial charge is 2.00 e. The van der Waals surface area contributed by atoms with E-state index in [-0.39, 0.29) is 19.5 Å². The molecule has 0 aromatic carbocycles. The van der Waals surface area contributed by atoms with Gasteiger partial charge in [0.2, 0.25) is 0 Å². The van der Waals surface area contributed by atoms with Crippen LogP contribution < -0.4 is 0 Å². The minimum Gasteiger partial charge on any atom is -0.481 e. The zero-order valence-electron chi connectivity index (χ0n) is 10.4. The van der Waals surface area contributed by atoms with Crippen LogP contribution in [0.5, 0.6) is 0 Å². The molecular formula is C10H20O4Zn+2. The smallest absolute Gasteiger partial charge is 0.481 e. The molecule has 0 spiro atoms. The molecule has 0 aromatic heterocycles. The van der Waals surface area contributed by atoms with E-state index in [0.717, 1.165) is 0 Å². The van der Waals surface area contributed by atoms with Crippen LogP contribution in [-0.2, 0) is 29.1 Å². The molecule has 0 amide bonds. The summed E-state index contributed by atoms with van der Waals surface area (Å²) in [6.07, 6.45) is 0. The molecule has 0 heterocycles. The summed E-state index contributed by atoms with van der Waals surface area (Å²) in [5.74, 6) is -1.51. The second-order valence-corrected chi connectivity index (χ2v) is 5.11. The Morgan fingerprint density at radius 2 is 0.800 bits per heavy atom. The molecule has 0 fully saturated rings. The quantitative estimate of drug-likeness (QED) is 0.661. The van der Waals surface area contributed by atoms with Crippen LogP contribution in [0.1, 0.15) is 41.5 Å². The summed E-state index contributed by atoms with van der Waals surface area (Å²) in [7, 11) is 0. The summed E-state index contributed by atoms with van der Waals surface area (Å²) in [4.78, 5) is 20.0. The van der Waals surface area contributed by atoms with E-state index in [1.54, 1.807) is 41.5 Å². The average molecular weight is 270 g/mol. The molecule has 0 rings (SSSR count). The summed E-state index contributed by atoms with van der Waals surface area (Å²) in [6, 6.07) is 0. The van der Waals surface area contributed by atoms with Gasteiger partial charge >= 0.3 is 31.4 Å². The van der Waals surface area contributed by atoms with Gasteiger partial charge < -0.3 is 10.2 Å². The molecule has 0 saturated carbocycles. The number of aliphatic carboxylic acids is 2.